The number of carbonyl (C=O) groups is 3. The number of amides is 1. The van der Waals surface area contributed by atoms with Gasteiger partial charge in [-0.05, 0) is 89.1 Å². The molecule has 374 valence electrons. The van der Waals surface area contributed by atoms with Crippen molar-refractivity contribution in [3.63, 3.8) is 0 Å². The van der Waals surface area contributed by atoms with Gasteiger partial charge < -0.3 is 39.4 Å². The van der Waals surface area contributed by atoms with Gasteiger partial charge in [-0.15, -0.1) is 5.10 Å². The molecule has 1 amide bonds. The van der Waals surface area contributed by atoms with Crippen LogP contribution in [0.25, 0.3) is 11.1 Å². The lowest BCUT2D eigenvalue weighted by atomic mass is 9.72. The molecule has 3 aromatic rings. The monoisotopic (exact) mass is 948 g/mol. The summed E-state index contributed by atoms with van der Waals surface area (Å²) in [5.74, 6) is -3.97. The van der Waals surface area contributed by atoms with Gasteiger partial charge in [0.1, 0.15) is 24.8 Å². The quantitative estimate of drug-likeness (QED) is 0.100. The number of ether oxygens (including phenoxy) is 5. The number of likely N-dealkylation sites (N-methyl/N-ethyl adjacent to an activating group) is 1. The van der Waals surface area contributed by atoms with Crippen LogP contribution in [0.2, 0.25) is 0 Å². The summed E-state index contributed by atoms with van der Waals surface area (Å²) in [4.78, 5) is 49.8. The number of fused-ring (bicyclic) bond motifs is 1. The maximum atomic E-state index is 14.5. The zero-order valence-electron chi connectivity index (χ0n) is 41.5. The minimum atomic E-state index is -1.27. The minimum Gasteiger partial charge on any atom is -0.458 e. The van der Waals surface area contributed by atoms with E-state index in [1.165, 1.54) is 6.92 Å². The van der Waals surface area contributed by atoms with E-state index in [0.717, 1.165) is 22.3 Å². The van der Waals surface area contributed by atoms with Gasteiger partial charge >= 0.3 is 12.1 Å². The van der Waals surface area contributed by atoms with Gasteiger partial charge in [0.15, 0.2) is 17.7 Å². The van der Waals surface area contributed by atoms with Gasteiger partial charge in [0.05, 0.1) is 35.6 Å². The molecule has 0 aliphatic carbocycles. The molecule has 0 bridgehead atoms. The number of ketones is 1. The number of rotatable bonds is 15. The number of nitrogens with zero attached hydrogens (tertiary/aromatic N) is 6. The van der Waals surface area contributed by atoms with Crippen molar-refractivity contribution >= 4 is 17.8 Å². The molecule has 17 heteroatoms. The third kappa shape index (κ3) is 11.2. The number of aliphatic hydroxyl groups excluding tert-OH is 1. The van der Waals surface area contributed by atoms with Gasteiger partial charge in [-0.2, -0.15) is 0 Å². The maximum absolute atomic E-state index is 14.5. The number of hydrogen-bond acceptors (Lipinski definition) is 14. The van der Waals surface area contributed by atoms with Gasteiger partial charge in [0.25, 0.3) is 0 Å². The van der Waals surface area contributed by atoms with E-state index in [1.54, 1.807) is 42.9 Å². The first kappa shape index (κ1) is 52.7. The maximum Gasteiger partial charge on any atom is 0.410 e. The Bertz CT molecular complexity index is 2180. The Labute approximate surface area is 401 Å². The lowest BCUT2D eigenvalue weighted by molar-refractivity contribution is -0.296. The van der Waals surface area contributed by atoms with E-state index in [9.17, 15) is 23.9 Å². The molecule has 1 aromatic carbocycles. The topological polar surface area (TPSA) is 194 Å². The molecule has 14 atom stereocenters. The van der Waals surface area contributed by atoms with E-state index >= 15 is 0 Å². The van der Waals surface area contributed by atoms with E-state index in [-0.39, 0.29) is 31.0 Å². The molecule has 16 nitrogen and oxygen atoms in total. The molecule has 3 aliphatic rings. The molecule has 0 radical (unpaired) electrons. The van der Waals surface area contributed by atoms with Crippen molar-refractivity contribution in [1.29, 1.82) is 0 Å². The number of aliphatic hydroxyl groups is 1. The molecular formula is C51H74FN7O9. The Balaban J connectivity index is 1.18. The fourth-order valence-electron chi connectivity index (χ4n) is 10.8. The van der Waals surface area contributed by atoms with Crippen LogP contribution >= 0.6 is 0 Å². The molecular weight excluding hydrogens is 874 g/mol. The van der Waals surface area contributed by atoms with Gasteiger partial charge in [0.2, 0.25) is 0 Å². The summed E-state index contributed by atoms with van der Waals surface area (Å²) in [5, 5.41) is 20.8. The number of methoxy groups -OCH3 is 1. The molecule has 2 aromatic heterocycles. The summed E-state index contributed by atoms with van der Waals surface area (Å²) in [6.45, 7) is 19.4. The lowest BCUT2D eigenvalue weighted by Gasteiger charge is -2.48. The van der Waals surface area contributed by atoms with Crippen LogP contribution in [0.15, 0.2) is 67.1 Å². The summed E-state index contributed by atoms with van der Waals surface area (Å²) in [5.41, 5.74) is 8.02. The third-order valence-corrected chi connectivity index (χ3v) is 15.0. The number of nitrogens with two attached hydrogens (primary N) is 1. The number of cyclic esters (lactones) is 1. The molecule has 3 fully saturated rings. The highest BCUT2D eigenvalue weighted by molar-refractivity contribution is 6.00. The molecule has 5 heterocycles. The SMILES string of the molecule is C=C1[C@H](C)C[C@@](C)(OC)[C@H](O[C@@H]2O[C@H](C)C[C@H](N(C)CCc3cn([C@H](CF)Cc4ccc(-c5cccnc5)cc4)nn3)[C@H]2O)[C@@H](C)C(=O)[C@@H](C)C(=O)O[C@H](CC)[C@@]2(C)OC(=O)N(CCN)[C@@H]2[C@H]1C. The fourth-order valence-corrected chi connectivity index (χ4v) is 10.8. The van der Waals surface area contributed by atoms with Crippen LogP contribution in [0.5, 0.6) is 0 Å². The molecule has 68 heavy (non-hydrogen) atoms. The molecule has 0 saturated carbocycles. The predicted molar refractivity (Wildman–Crippen MR) is 254 cm³/mol. The number of esters is 1. The first-order valence-corrected chi connectivity index (χ1v) is 24.1. The zero-order chi connectivity index (χ0) is 49.7. The average molecular weight is 948 g/mol. The van der Waals surface area contributed by atoms with Crippen molar-refractivity contribution in [2.24, 2.45) is 29.4 Å². The number of hydrogen-bond donors (Lipinski definition) is 2. The number of benzene rings is 1. The van der Waals surface area contributed by atoms with Crippen LogP contribution in [-0.4, -0.2) is 147 Å². The number of aromatic nitrogens is 4. The Hall–Kier alpha value is -4.65. The third-order valence-electron chi connectivity index (χ3n) is 15.0. The number of halogens is 1. The van der Waals surface area contributed by atoms with Gasteiger partial charge in [-0.25, -0.2) is 13.9 Å². The fraction of sp³-hybridized carbons (Fsp3) is 0.647. The second kappa shape index (κ2) is 22.4. The average Bonchev–Trinajstić information content (AvgIpc) is 3.91. The van der Waals surface area contributed by atoms with Crippen molar-refractivity contribution < 1.29 is 47.6 Å². The Kier molecular flexibility index (Phi) is 17.4. The highest BCUT2D eigenvalue weighted by atomic mass is 19.1. The Morgan fingerprint density at radius 2 is 1.79 bits per heavy atom. The van der Waals surface area contributed by atoms with E-state index in [1.807, 2.05) is 89.2 Å². The van der Waals surface area contributed by atoms with Crippen LogP contribution in [0.3, 0.4) is 0 Å². The van der Waals surface area contributed by atoms with E-state index in [4.69, 9.17) is 29.4 Å². The van der Waals surface area contributed by atoms with Gasteiger partial charge in [-0.1, -0.05) is 75.4 Å². The van der Waals surface area contributed by atoms with Gasteiger partial charge in [-0.3, -0.25) is 19.5 Å². The lowest BCUT2D eigenvalue weighted by Crippen LogP contribution is -2.60. The summed E-state index contributed by atoms with van der Waals surface area (Å²) >= 11 is 0. The van der Waals surface area contributed by atoms with Crippen LogP contribution in [0.4, 0.5) is 9.18 Å². The summed E-state index contributed by atoms with van der Waals surface area (Å²) in [6, 6.07) is 10.3. The first-order chi connectivity index (χ1) is 32.3. The van der Waals surface area contributed by atoms with E-state index in [2.05, 4.69) is 21.9 Å². The molecule has 3 N–H and O–H groups in total. The van der Waals surface area contributed by atoms with E-state index < -0.39 is 90.3 Å². The van der Waals surface area contributed by atoms with Crippen molar-refractivity contribution in [3.8, 4) is 11.1 Å². The van der Waals surface area contributed by atoms with Gasteiger partial charge in [0, 0.05) is 69.6 Å². The second-order valence-corrected chi connectivity index (χ2v) is 19.7. The standard InChI is InChI=1S/C51H74FN7O9/c1-12-42-51(9)45(58(23-20-53)49(63)68-51)33(5)32(4)30(2)26-50(8,64-11)46(34(6)43(60)35(7)47(62)66-42)67-48-44(61)41(24-31(3)65-48)57(10)22-19-39-29-59(56-55-39)40(27-52)25-36-15-17-37(18-16-36)38-14-13-21-54-28-38/h13-18,21,28-31,33-35,40-42,44-46,48,61H,4,12,19-20,22-27,53H2,1-3,5-11H3/t30-,31-,33+,34+,35-,40+,41+,42-,44-,45-,46-,48+,50-,51-/m1/s1. The summed E-state index contributed by atoms with van der Waals surface area (Å²) in [7, 11) is 3.46. The van der Waals surface area contributed by atoms with Crippen LogP contribution in [0, 0.1) is 23.7 Å². The smallest absolute Gasteiger partial charge is 0.410 e. The van der Waals surface area contributed by atoms with Crippen LogP contribution in [-0.2, 0) is 46.1 Å². The summed E-state index contributed by atoms with van der Waals surface area (Å²) in [6.07, 6.45) is 2.22. The highest BCUT2D eigenvalue weighted by Crippen LogP contribution is 2.45. The normalized spacial score (nSPS) is 33.5. The molecule has 3 saturated heterocycles. The predicted octanol–water partition coefficient (Wildman–Crippen LogP) is 6.16. The van der Waals surface area contributed by atoms with Crippen molar-refractivity contribution in [2.45, 2.75) is 148 Å². The second-order valence-electron chi connectivity index (χ2n) is 19.7. The number of carbonyl (C=O) groups excluding carboxylic acids is 3. The molecule has 0 unspecified atom stereocenters. The Morgan fingerprint density at radius 3 is 2.43 bits per heavy atom. The number of alkyl halides is 1. The largest absolute Gasteiger partial charge is 0.458 e. The molecule has 6 rings (SSSR count). The molecule has 0 spiro atoms. The summed E-state index contributed by atoms with van der Waals surface area (Å²) < 4.78 is 47.8. The minimum absolute atomic E-state index is 0.192. The van der Waals surface area contributed by atoms with E-state index in [0.29, 0.717) is 44.3 Å². The van der Waals surface area contributed by atoms with Crippen molar-refractivity contribution in [3.05, 3.63) is 78.4 Å². The van der Waals surface area contributed by atoms with Crippen molar-refractivity contribution in [2.75, 3.05) is 40.5 Å². The highest BCUT2D eigenvalue weighted by Gasteiger charge is 2.59. The molecule has 3 aliphatic heterocycles. The Morgan fingerprint density at radius 1 is 1.07 bits per heavy atom. The first-order valence-electron chi connectivity index (χ1n) is 24.1. The van der Waals surface area contributed by atoms with Crippen LogP contribution in [0.1, 0.15) is 92.0 Å². The van der Waals surface area contributed by atoms with Crippen LogP contribution < -0.4 is 5.73 Å². The zero-order valence-corrected chi connectivity index (χ0v) is 41.5. The van der Waals surface area contributed by atoms with Crippen molar-refractivity contribution in [1.82, 2.24) is 29.8 Å². The number of pyridine rings is 1. The number of Topliss-reactive ketones (excluding diaryl/α,β-unsaturated/α-hetero) is 1.